The molecule has 0 saturated heterocycles. The maximum Gasteiger partial charge on any atom is 0.483 e. The highest BCUT2D eigenvalue weighted by Crippen LogP contribution is 2.57. The predicted molar refractivity (Wildman–Crippen MR) is 79.2 cm³/mol. The van der Waals surface area contributed by atoms with Crippen molar-refractivity contribution < 1.29 is 118 Å². The monoisotopic (exact) mass is 709 g/mol. The van der Waals surface area contributed by atoms with Crippen LogP contribution in [0.2, 0.25) is 0 Å². The Kier molecular flexibility index (Phi) is 9.08. The summed E-state index contributed by atoms with van der Waals surface area (Å²) in [4.78, 5) is 0. The van der Waals surface area contributed by atoms with E-state index in [2.05, 4.69) is 0 Å². The molecule has 0 fully saturated rings. The summed E-state index contributed by atoms with van der Waals surface area (Å²) < 4.78 is 319. The maximum atomic E-state index is 13.7. The number of alkyl halides is 19. The van der Waals surface area contributed by atoms with Crippen molar-refractivity contribution in [3.8, 4) is 0 Å². The van der Waals surface area contributed by atoms with E-state index in [0.29, 0.717) is 0 Å². The molecular weight excluding hydrogens is 707 g/mol. The lowest BCUT2D eigenvalue weighted by molar-refractivity contribution is -0.505. The number of ether oxygens (including phenoxy) is 1. The van der Waals surface area contributed by atoms with E-state index in [1.807, 2.05) is 0 Å². The van der Waals surface area contributed by atoms with Gasteiger partial charge in [-0.05, 0) is 0 Å². The lowest BCUT2D eigenvalue weighted by Gasteiger charge is -2.37. The first-order chi connectivity index (χ1) is 16.7. The molecule has 0 atom stereocenters. The second-order valence-corrected chi connectivity index (χ2v) is 11.6. The van der Waals surface area contributed by atoms with Crippen LogP contribution in [0.25, 0.3) is 0 Å². The smallest absolute Gasteiger partial charge is 0.281 e. The van der Waals surface area contributed by atoms with Crippen LogP contribution in [0.15, 0.2) is 0 Å². The van der Waals surface area contributed by atoms with Gasteiger partial charge in [0.25, 0.3) is 20.0 Å². The van der Waals surface area contributed by atoms with E-state index in [9.17, 15) is 109 Å². The van der Waals surface area contributed by atoms with Crippen molar-refractivity contribution in [2.24, 2.45) is 0 Å². The Hall–Kier alpha value is -1.60. The van der Waals surface area contributed by atoms with Crippen LogP contribution in [0.1, 0.15) is 0 Å². The van der Waals surface area contributed by atoms with Crippen molar-refractivity contribution in [1.82, 2.24) is 4.13 Å². The number of sulfonamides is 2. The van der Waals surface area contributed by atoms with E-state index in [0.717, 1.165) is 4.74 Å². The highest BCUT2D eigenvalue weighted by atomic mass is 32.3. The van der Waals surface area contributed by atoms with E-state index < -0.39 is 86.2 Å². The van der Waals surface area contributed by atoms with E-state index in [1.54, 1.807) is 0 Å². The first-order valence-electron chi connectivity index (χ1n) is 7.70. The molecule has 0 aromatic heterocycles. The average molecular weight is 709 g/mol. The van der Waals surface area contributed by atoms with Gasteiger partial charge in [0, 0.05) is 0 Å². The third-order valence-electron chi connectivity index (χ3n) is 3.66. The molecule has 0 aliphatic heterocycles. The lowest BCUT2D eigenvalue weighted by atomic mass is 10.1. The summed E-state index contributed by atoms with van der Waals surface area (Å²) in [5, 5.41) is -24.4. The Morgan fingerprint density at radius 2 is 0.750 bits per heavy atom. The first kappa shape index (κ1) is 38.4. The Bertz CT molecular complexity index is 1300. The SMILES string of the molecule is O=S(=O)(O)C(F)(F)C(F)(F)C(F)(F)S(=O)(=O)NS(=O)(=O)C(F)(F)C(F)(F)C(F)(F)C(F)(F)OC(F)(F)C(F)(F)F. The molecule has 0 unspecified atom stereocenters. The number of rotatable bonds is 12. The molecule has 2 N–H and O–H groups in total. The molecule has 242 valence electrons. The van der Waals surface area contributed by atoms with Crippen LogP contribution in [0.4, 0.5) is 83.4 Å². The van der Waals surface area contributed by atoms with Gasteiger partial charge in [0.05, 0.1) is 0 Å². The van der Waals surface area contributed by atoms with Gasteiger partial charge >= 0.3 is 62.0 Å². The largest absolute Gasteiger partial charge is 0.483 e. The quantitative estimate of drug-likeness (QED) is 0.232. The van der Waals surface area contributed by atoms with Crippen LogP contribution in [-0.4, -0.2) is 81.7 Å². The standard InChI is InChI=1S/C9H2F19NO8S3/c10-1(11,5(19,20)37-6(21,22)4(16,17)18)2(12,13)7(23,24)38(30,31)29-39(32,33)8(25,26)3(14,15)9(27,28)40(34,35)36/h29H,(H,34,35,36). The molecule has 0 aliphatic carbocycles. The molecule has 0 spiro atoms. The molecule has 0 amide bonds. The fourth-order valence-corrected chi connectivity index (χ4v) is 5.01. The molecule has 9 nitrogen and oxygen atoms in total. The summed E-state index contributed by atoms with van der Waals surface area (Å²) in [6.45, 7) is 0. The summed E-state index contributed by atoms with van der Waals surface area (Å²) in [6, 6.07) is 0. The molecule has 0 aromatic rings. The Balaban J connectivity index is 6.91. The average Bonchev–Trinajstić information content (AvgIpc) is 2.63. The van der Waals surface area contributed by atoms with Crippen molar-refractivity contribution in [3.63, 3.8) is 0 Å². The minimum absolute atomic E-state index is 1.05. The van der Waals surface area contributed by atoms with Gasteiger partial charge in [0.2, 0.25) is 0 Å². The Morgan fingerprint density at radius 3 is 1.02 bits per heavy atom. The molecule has 40 heavy (non-hydrogen) atoms. The molecule has 0 aromatic carbocycles. The molecule has 0 aliphatic rings. The van der Waals surface area contributed by atoms with Crippen LogP contribution < -0.4 is 4.13 Å². The van der Waals surface area contributed by atoms with E-state index >= 15 is 0 Å². The molecular formula is C9H2F19NO8S3. The zero-order valence-electron chi connectivity index (χ0n) is 16.7. The number of hydrogen-bond acceptors (Lipinski definition) is 7. The molecule has 0 saturated carbocycles. The van der Waals surface area contributed by atoms with Crippen LogP contribution in [0.5, 0.6) is 0 Å². The normalized spacial score (nSPS) is 16.8. The Morgan fingerprint density at radius 1 is 0.450 bits per heavy atom. The third kappa shape index (κ3) is 5.46. The molecule has 0 bridgehead atoms. The van der Waals surface area contributed by atoms with Crippen LogP contribution in [0.3, 0.4) is 0 Å². The number of halogens is 19. The van der Waals surface area contributed by atoms with E-state index in [1.165, 1.54) is 0 Å². The molecule has 31 heteroatoms. The predicted octanol–water partition coefficient (Wildman–Crippen LogP) is 3.57. The molecule has 0 heterocycles. The van der Waals surface area contributed by atoms with Crippen molar-refractivity contribution >= 4 is 30.2 Å². The maximum absolute atomic E-state index is 13.7. The lowest BCUT2D eigenvalue weighted by Crippen LogP contribution is -2.69. The second kappa shape index (κ2) is 9.45. The fourth-order valence-electron chi connectivity index (χ4n) is 1.57. The van der Waals surface area contributed by atoms with Gasteiger partial charge in [-0.1, -0.05) is 4.13 Å². The van der Waals surface area contributed by atoms with Gasteiger partial charge in [-0.2, -0.15) is 91.8 Å². The van der Waals surface area contributed by atoms with Gasteiger partial charge < -0.3 is 0 Å². The summed E-state index contributed by atoms with van der Waals surface area (Å²) in [5.41, 5.74) is 0. The van der Waals surface area contributed by atoms with Crippen molar-refractivity contribution in [1.29, 1.82) is 0 Å². The van der Waals surface area contributed by atoms with Gasteiger partial charge in [-0.15, -0.1) is 0 Å². The zero-order chi connectivity index (χ0) is 33.4. The number of hydrogen-bond donors (Lipinski definition) is 2. The fraction of sp³-hybridized carbons (Fsp3) is 1.00. The summed E-state index contributed by atoms with van der Waals surface area (Å²) in [6.07, 6.45) is -23.4. The van der Waals surface area contributed by atoms with Gasteiger partial charge in [-0.3, -0.25) is 4.55 Å². The minimum Gasteiger partial charge on any atom is -0.281 e. The van der Waals surface area contributed by atoms with E-state index in [4.69, 9.17) is 4.55 Å². The summed E-state index contributed by atoms with van der Waals surface area (Å²) in [5.74, 6) is -25.6. The van der Waals surface area contributed by atoms with Crippen molar-refractivity contribution in [2.75, 3.05) is 0 Å². The van der Waals surface area contributed by atoms with Crippen molar-refractivity contribution in [2.45, 2.75) is 51.9 Å². The van der Waals surface area contributed by atoms with E-state index in [-0.39, 0.29) is 0 Å². The molecule has 0 radical (unpaired) electrons. The summed E-state index contributed by atoms with van der Waals surface area (Å²) >= 11 is 0. The summed E-state index contributed by atoms with van der Waals surface area (Å²) in [7, 11) is -25.7. The zero-order valence-corrected chi connectivity index (χ0v) is 19.2. The van der Waals surface area contributed by atoms with Gasteiger partial charge in [-0.25, -0.2) is 21.6 Å². The Labute approximate surface area is 205 Å². The van der Waals surface area contributed by atoms with Gasteiger partial charge in [0.1, 0.15) is 0 Å². The highest BCUT2D eigenvalue weighted by Gasteiger charge is 2.88. The number of nitrogens with one attached hydrogen (secondary N) is 1. The topological polar surface area (TPSA) is 144 Å². The van der Waals surface area contributed by atoms with Crippen LogP contribution in [0, 0.1) is 0 Å². The highest BCUT2D eigenvalue weighted by molar-refractivity contribution is 8.05. The van der Waals surface area contributed by atoms with Crippen LogP contribution >= 0.6 is 0 Å². The third-order valence-corrected chi connectivity index (χ3v) is 8.18. The van der Waals surface area contributed by atoms with Gasteiger partial charge in [0.15, 0.2) is 0 Å². The van der Waals surface area contributed by atoms with Crippen LogP contribution in [-0.2, 0) is 34.9 Å². The minimum atomic E-state index is -8.99. The molecule has 0 rings (SSSR count). The van der Waals surface area contributed by atoms with Crippen molar-refractivity contribution in [3.05, 3.63) is 0 Å². The first-order valence-corrected chi connectivity index (χ1v) is 12.1. The second-order valence-electron chi connectivity index (χ2n) is 6.47.